The Labute approximate surface area is 309 Å². The van der Waals surface area contributed by atoms with Crippen LogP contribution in [0.1, 0.15) is 0 Å². The molecule has 0 radical (unpaired) electrons. The fourth-order valence-corrected chi connectivity index (χ4v) is 9.05. The Kier molecular flexibility index (Phi) is 5.86. The number of hydrogen-bond donors (Lipinski definition) is 0. The topological polar surface area (TPSA) is 36.3 Å². The van der Waals surface area contributed by atoms with E-state index in [1.54, 1.807) is 0 Å². The van der Waals surface area contributed by atoms with E-state index in [4.69, 9.17) is 0 Å². The lowest BCUT2D eigenvalue weighted by Gasteiger charge is -2.31. The summed E-state index contributed by atoms with van der Waals surface area (Å²) >= 11 is 0. The second-order valence-corrected chi connectivity index (χ2v) is 14.1. The molecule has 2 aromatic heterocycles. The number of hydrogen-bond acceptors (Lipinski definition) is 1. The molecular weight excluding hydrogens is 661 g/mol. The standard InChI is InChI=1S/C49H30N4O/c54-49-39-22-8-7-21-37(39)38-27-28-44-48-45(38)52(49)43-26-12-25-42-47(43)53(48)46-40(50(42)35-19-9-17-33(29-35)31-13-3-1-4-14-31)23-11-24-41(46)51(44)36-20-10-18-34(30-36)32-15-5-2-6-16-32/h1-30H. The Morgan fingerprint density at radius 3 is 1.46 bits per heavy atom. The number of rotatable bonds is 4. The van der Waals surface area contributed by atoms with E-state index in [9.17, 15) is 4.79 Å². The highest BCUT2D eigenvalue weighted by atomic mass is 16.1. The van der Waals surface area contributed by atoms with Gasteiger partial charge in [0.05, 0.1) is 49.8 Å². The highest BCUT2D eigenvalue weighted by Crippen LogP contribution is 2.44. The van der Waals surface area contributed by atoms with Crippen molar-refractivity contribution in [3.8, 4) is 39.3 Å². The summed E-state index contributed by atoms with van der Waals surface area (Å²) in [6.07, 6.45) is 0. The van der Waals surface area contributed by atoms with Crippen molar-refractivity contribution in [2.75, 3.05) is 0 Å². The van der Waals surface area contributed by atoms with Crippen LogP contribution in [0.2, 0.25) is 0 Å². The maximum atomic E-state index is 14.8. The summed E-state index contributed by atoms with van der Waals surface area (Å²) in [5.74, 6) is 0. The normalized spacial score (nSPS) is 12.1. The fraction of sp³-hybridized carbons (Fsp3) is 0. The van der Waals surface area contributed by atoms with Crippen molar-refractivity contribution in [3.05, 3.63) is 192 Å². The van der Waals surface area contributed by atoms with Crippen molar-refractivity contribution in [2.24, 2.45) is 0 Å². The van der Waals surface area contributed by atoms with Gasteiger partial charge in [-0.05, 0) is 94.4 Å². The van der Waals surface area contributed by atoms with E-state index in [1.807, 2.05) is 22.6 Å². The largest absolute Gasteiger partial charge is 0.306 e. The van der Waals surface area contributed by atoms with Crippen molar-refractivity contribution in [1.29, 1.82) is 0 Å². The monoisotopic (exact) mass is 690 g/mol. The summed E-state index contributed by atoms with van der Waals surface area (Å²) in [5.41, 5.74) is 15.8. The van der Waals surface area contributed by atoms with Crippen LogP contribution >= 0.6 is 0 Å². The molecule has 0 atom stereocenters. The van der Waals surface area contributed by atoms with Gasteiger partial charge in [-0.3, -0.25) is 13.8 Å². The summed E-state index contributed by atoms with van der Waals surface area (Å²) in [6.45, 7) is 0. The summed E-state index contributed by atoms with van der Waals surface area (Å²) < 4.78 is 9.18. The van der Waals surface area contributed by atoms with Crippen molar-refractivity contribution in [1.82, 2.24) is 18.1 Å². The van der Waals surface area contributed by atoms with E-state index in [-0.39, 0.29) is 5.56 Å². The zero-order valence-electron chi connectivity index (χ0n) is 29.0. The molecule has 0 saturated carbocycles. The number of aromatic nitrogens is 4. The Balaban J connectivity index is 1.33. The zero-order valence-corrected chi connectivity index (χ0v) is 29.0. The molecule has 0 aliphatic carbocycles. The van der Waals surface area contributed by atoms with Gasteiger partial charge in [0.1, 0.15) is 0 Å². The molecule has 0 saturated heterocycles. The lowest BCUT2D eigenvalue weighted by molar-refractivity contribution is 1.02. The van der Waals surface area contributed by atoms with E-state index < -0.39 is 0 Å². The first-order valence-corrected chi connectivity index (χ1v) is 18.3. The molecule has 2 aliphatic heterocycles. The van der Waals surface area contributed by atoms with Crippen LogP contribution in [0.4, 0.5) is 0 Å². The van der Waals surface area contributed by atoms with Gasteiger partial charge in [-0.1, -0.05) is 115 Å². The molecule has 0 fully saturated rings. The third kappa shape index (κ3) is 3.85. The van der Waals surface area contributed by atoms with Crippen LogP contribution in [0.15, 0.2) is 187 Å². The van der Waals surface area contributed by atoms with Crippen LogP contribution in [0.3, 0.4) is 0 Å². The SMILES string of the molecule is O=c1c2ccccc2c2ccc3c4c2n1c1cccc2c1-n4c1c(cccc1n3-c1cccc(-c3ccccc3)c1)n2-c1cccc(-c2ccccc2)c1. The quantitative estimate of drug-likeness (QED) is 0.134. The molecule has 0 amide bonds. The number of para-hydroxylation sites is 2. The number of nitrogens with zero attached hydrogens (tertiary/aromatic N) is 4. The van der Waals surface area contributed by atoms with Gasteiger partial charge in [-0.15, -0.1) is 0 Å². The number of pyridine rings is 1. The fourth-order valence-electron chi connectivity index (χ4n) is 9.05. The highest BCUT2D eigenvalue weighted by Gasteiger charge is 2.29. The third-order valence-corrected chi connectivity index (χ3v) is 11.3. The number of fused-ring (bicyclic) bond motifs is 3. The molecule has 0 spiro atoms. The predicted molar refractivity (Wildman–Crippen MR) is 222 cm³/mol. The lowest BCUT2D eigenvalue weighted by Crippen LogP contribution is -2.23. The van der Waals surface area contributed by atoms with Gasteiger partial charge in [0.25, 0.3) is 5.56 Å². The third-order valence-electron chi connectivity index (χ3n) is 11.3. The summed E-state index contributed by atoms with van der Waals surface area (Å²) in [6, 6.07) is 64.1. The molecule has 5 heteroatoms. The second-order valence-electron chi connectivity index (χ2n) is 14.1. The summed E-state index contributed by atoms with van der Waals surface area (Å²) in [4.78, 5) is 14.8. The molecular formula is C49H30N4O. The first kappa shape index (κ1) is 29.2. The minimum Gasteiger partial charge on any atom is -0.306 e. The zero-order chi connectivity index (χ0) is 35.5. The maximum Gasteiger partial charge on any atom is 0.263 e. The molecule has 2 aliphatic rings. The molecule has 54 heavy (non-hydrogen) atoms. The first-order valence-electron chi connectivity index (χ1n) is 18.3. The molecule has 12 rings (SSSR count). The Morgan fingerprint density at radius 1 is 0.315 bits per heavy atom. The minimum absolute atomic E-state index is 0.0144. The minimum atomic E-state index is -0.0144. The van der Waals surface area contributed by atoms with Crippen molar-refractivity contribution in [3.63, 3.8) is 0 Å². The van der Waals surface area contributed by atoms with E-state index in [0.717, 1.165) is 94.2 Å². The van der Waals surface area contributed by atoms with Gasteiger partial charge in [0, 0.05) is 22.1 Å². The highest BCUT2D eigenvalue weighted by molar-refractivity contribution is 6.19. The van der Waals surface area contributed by atoms with Gasteiger partial charge in [0.2, 0.25) is 0 Å². The van der Waals surface area contributed by atoms with Crippen LogP contribution in [-0.2, 0) is 0 Å². The smallest absolute Gasteiger partial charge is 0.263 e. The summed E-state index contributed by atoms with van der Waals surface area (Å²) in [5, 5.41) is 2.73. The molecule has 252 valence electrons. The maximum absolute atomic E-state index is 14.8. The molecule has 5 nitrogen and oxygen atoms in total. The van der Waals surface area contributed by atoms with Crippen LogP contribution in [-0.4, -0.2) is 18.1 Å². The van der Waals surface area contributed by atoms with Crippen molar-refractivity contribution >= 4 is 60.3 Å². The molecule has 4 heterocycles. The van der Waals surface area contributed by atoms with Gasteiger partial charge in [-0.2, -0.15) is 0 Å². The number of benzene rings is 8. The van der Waals surface area contributed by atoms with Crippen molar-refractivity contribution < 1.29 is 0 Å². The van der Waals surface area contributed by atoms with Gasteiger partial charge < -0.3 is 9.13 Å². The van der Waals surface area contributed by atoms with Crippen molar-refractivity contribution in [2.45, 2.75) is 0 Å². The predicted octanol–water partition coefficient (Wildman–Crippen LogP) is 11.6. The average molecular weight is 691 g/mol. The Morgan fingerprint density at radius 2 is 0.815 bits per heavy atom. The van der Waals surface area contributed by atoms with Gasteiger partial charge in [0.15, 0.2) is 0 Å². The second kappa shape index (κ2) is 10.8. The Bertz CT molecular complexity index is 3450. The molecule has 0 bridgehead atoms. The Hall–Kier alpha value is -7.37. The van der Waals surface area contributed by atoms with E-state index >= 15 is 0 Å². The molecule has 10 aromatic rings. The van der Waals surface area contributed by atoms with Crippen LogP contribution in [0.5, 0.6) is 0 Å². The van der Waals surface area contributed by atoms with Gasteiger partial charge >= 0.3 is 0 Å². The molecule has 0 N–H and O–H groups in total. The summed E-state index contributed by atoms with van der Waals surface area (Å²) in [7, 11) is 0. The van der Waals surface area contributed by atoms with E-state index in [0.29, 0.717) is 5.39 Å². The van der Waals surface area contributed by atoms with Crippen LogP contribution in [0, 0.1) is 0 Å². The van der Waals surface area contributed by atoms with Crippen LogP contribution < -0.4 is 5.56 Å². The van der Waals surface area contributed by atoms with Crippen LogP contribution in [0.25, 0.3) is 99.6 Å². The first-order chi connectivity index (χ1) is 26.7. The molecule has 0 unspecified atom stereocenters. The average Bonchev–Trinajstić information content (AvgIpc) is 3.24. The van der Waals surface area contributed by atoms with Gasteiger partial charge in [-0.25, -0.2) is 0 Å². The van der Waals surface area contributed by atoms with E-state index in [1.165, 1.54) is 0 Å². The lowest BCUT2D eigenvalue weighted by atomic mass is 10.0. The molecule has 8 aromatic carbocycles. The van der Waals surface area contributed by atoms with E-state index in [2.05, 4.69) is 177 Å².